The molecule has 0 bridgehead atoms. The summed E-state index contributed by atoms with van der Waals surface area (Å²) in [4.78, 5) is 15.2. The third-order valence-corrected chi connectivity index (χ3v) is 6.82. The summed E-state index contributed by atoms with van der Waals surface area (Å²) in [5, 5.41) is 0.0398. The van der Waals surface area contributed by atoms with Crippen LogP contribution in [0.15, 0.2) is 78.9 Å². The summed E-state index contributed by atoms with van der Waals surface area (Å²) in [7, 11) is 0. The number of hydrogen-bond acceptors (Lipinski definition) is 3. The van der Waals surface area contributed by atoms with E-state index in [0.717, 1.165) is 34.7 Å². The van der Waals surface area contributed by atoms with E-state index in [-0.39, 0.29) is 16.7 Å². The van der Waals surface area contributed by atoms with Crippen molar-refractivity contribution in [3.63, 3.8) is 0 Å². The van der Waals surface area contributed by atoms with Crippen molar-refractivity contribution in [3.8, 4) is 5.75 Å². The van der Waals surface area contributed by atoms with Crippen LogP contribution >= 0.6 is 11.8 Å². The zero-order valence-electron chi connectivity index (χ0n) is 18.4. The monoisotopic (exact) mass is 431 g/mol. The Labute approximate surface area is 189 Å². The molecule has 0 N–H and O–H groups in total. The maximum absolute atomic E-state index is 13.2. The van der Waals surface area contributed by atoms with Crippen molar-refractivity contribution in [2.45, 2.75) is 38.2 Å². The molecule has 1 fully saturated rings. The lowest BCUT2D eigenvalue weighted by Gasteiger charge is -2.25. The van der Waals surface area contributed by atoms with Crippen molar-refractivity contribution in [1.82, 2.24) is 4.90 Å². The summed E-state index contributed by atoms with van der Waals surface area (Å²) in [6.45, 7) is 7.87. The van der Waals surface area contributed by atoms with Gasteiger partial charge in [0, 0.05) is 17.9 Å². The van der Waals surface area contributed by atoms with Gasteiger partial charge in [-0.15, -0.1) is 11.8 Å². The van der Waals surface area contributed by atoms with Gasteiger partial charge < -0.3 is 9.64 Å². The Hall–Kier alpha value is -2.72. The zero-order valence-corrected chi connectivity index (χ0v) is 19.2. The lowest BCUT2D eigenvalue weighted by atomic mass is 9.86. The van der Waals surface area contributed by atoms with Gasteiger partial charge in [0.05, 0.1) is 0 Å². The molecule has 1 atom stereocenters. The average Bonchev–Trinajstić information content (AvgIpc) is 3.28. The molecule has 1 aliphatic heterocycles. The van der Waals surface area contributed by atoms with Crippen LogP contribution in [0.5, 0.6) is 5.75 Å². The minimum atomic E-state index is 0.0398. The van der Waals surface area contributed by atoms with E-state index in [9.17, 15) is 4.79 Å². The van der Waals surface area contributed by atoms with Crippen LogP contribution in [0.25, 0.3) is 0 Å². The fraction of sp³-hybridized carbons (Fsp3) is 0.296. The minimum Gasteiger partial charge on any atom is -0.489 e. The Kier molecular flexibility index (Phi) is 6.38. The maximum Gasteiger partial charge on any atom is 0.255 e. The van der Waals surface area contributed by atoms with E-state index in [2.05, 4.69) is 57.2 Å². The number of carbonyl (C=O) groups excluding carboxylic acids is 1. The van der Waals surface area contributed by atoms with Crippen LogP contribution < -0.4 is 4.74 Å². The molecule has 31 heavy (non-hydrogen) atoms. The quantitative estimate of drug-likeness (QED) is 0.465. The number of thioether (sulfide) groups is 1. The van der Waals surface area contributed by atoms with Gasteiger partial charge in [0.15, 0.2) is 0 Å². The zero-order chi connectivity index (χ0) is 21.8. The normalized spacial score (nSPS) is 16.4. The van der Waals surface area contributed by atoms with E-state index in [1.165, 1.54) is 5.56 Å². The van der Waals surface area contributed by atoms with Crippen LogP contribution in [-0.4, -0.2) is 23.1 Å². The molecular formula is C27H29NO2S. The number of benzene rings is 3. The molecule has 4 heteroatoms. The highest BCUT2D eigenvalue weighted by atomic mass is 32.2. The molecule has 0 radical (unpaired) electrons. The van der Waals surface area contributed by atoms with Gasteiger partial charge in [0.2, 0.25) is 0 Å². The number of amides is 1. The van der Waals surface area contributed by atoms with Crippen LogP contribution in [0.3, 0.4) is 0 Å². The van der Waals surface area contributed by atoms with Crippen molar-refractivity contribution < 1.29 is 9.53 Å². The highest BCUT2D eigenvalue weighted by Gasteiger charge is 2.31. The van der Waals surface area contributed by atoms with E-state index in [0.29, 0.717) is 6.61 Å². The van der Waals surface area contributed by atoms with Gasteiger partial charge >= 0.3 is 0 Å². The minimum absolute atomic E-state index is 0.0398. The summed E-state index contributed by atoms with van der Waals surface area (Å²) in [6, 6.07) is 26.4. The molecule has 1 amide bonds. The molecule has 3 nitrogen and oxygen atoms in total. The molecule has 1 saturated heterocycles. The molecule has 0 spiro atoms. The Morgan fingerprint density at radius 2 is 1.65 bits per heavy atom. The van der Waals surface area contributed by atoms with Crippen molar-refractivity contribution >= 4 is 17.7 Å². The van der Waals surface area contributed by atoms with Crippen molar-refractivity contribution in [2.24, 2.45) is 0 Å². The molecule has 1 unspecified atom stereocenters. The van der Waals surface area contributed by atoms with Crippen molar-refractivity contribution in [2.75, 3.05) is 12.3 Å². The van der Waals surface area contributed by atoms with Crippen LogP contribution in [0, 0.1) is 0 Å². The summed E-state index contributed by atoms with van der Waals surface area (Å²) in [5.41, 5.74) is 4.35. The number of hydrogen-bond donors (Lipinski definition) is 0. The standard InChI is InChI=1S/C27H29NO2S/c1-27(2,3)23-13-9-21(10-14-23)25(29)28-17-18-31-26(28)22-11-15-24(16-12-22)30-19-20-7-5-4-6-8-20/h4-16,26H,17-19H2,1-3H3. The largest absolute Gasteiger partial charge is 0.489 e. The van der Waals surface area contributed by atoms with E-state index in [1.54, 1.807) is 0 Å². The number of rotatable bonds is 5. The van der Waals surface area contributed by atoms with Crippen LogP contribution in [0.2, 0.25) is 0 Å². The third kappa shape index (κ3) is 5.13. The topological polar surface area (TPSA) is 29.5 Å². The molecule has 1 heterocycles. The van der Waals surface area contributed by atoms with Crippen LogP contribution in [-0.2, 0) is 12.0 Å². The van der Waals surface area contributed by atoms with E-state index >= 15 is 0 Å². The van der Waals surface area contributed by atoms with Gasteiger partial charge in [0.25, 0.3) is 5.91 Å². The summed E-state index contributed by atoms with van der Waals surface area (Å²) in [6.07, 6.45) is 0. The maximum atomic E-state index is 13.2. The van der Waals surface area contributed by atoms with Gasteiger partial charge in [-0.2, -0.15) is 0 Å². The van der Waals surface area contributed by atoms with Gasteiger partial charge in [-0.05, 0) is 46.4 Å². The molecule has 160 valence electrons. The van der Waals surface area contributed by atoms with Gasteiger partial charge in [-0.25, -0.2) is 0 Å². The predicted octanol–water partition coefficient (Wildman–Crippen LogP) is 6.45. The second-order valence-electron chi connectivity index (χ2n) is 8.89. The average molecular weight is 432 g/mol. The molecule has 1 aliphatic rings. The molecule has 4 rings (SSSR count). The second-order valence-corrected chi connectivity index (χ2v) is 10.1. The first-order chi connectivity index (χ1) is 14.9. The Morgan fingerprint density at radius 3 is 2.29 bits per heavy atom. The molecule has 0 saturated carbocycles. The van der Waals surface area contributed by atoms with Crippen LogP contribution in [0.1, 0.15) is 53.2 Å². The molecule has 3 aromatic rings. The van der Waals surface area contributed by atoms with Gasteiger partial charge in [-0.3, -0.25) is 4.79 Å². The SMILES string of the molecule is CC(C)(C)c1ccc(C(=O)N2CCSC2c2ccc(OCc3ccccc3)cc2)cc1. The Bertz CT molecular complexity index is 1010. The first kappa shape index (κ1) is 21.5. The summed E-state index contributed by atoms with van der Waals surface area (Å²) < 4.78 is 5.90. The number of ether oxygens (including phenoxy) is 1. The second kappa shape index (κ2) is 9.19. The van der Waals surface area contributed by atoms with E-state index in [1.807, 2.05) is 59.1 Å². The fourth-order valence-corrected chi connectivity index (χ4v) is 4.96. The first-order valence-electron chi connectivity index (χ1n) is 10.7. The lowest BCUT2D eigenvalue weighted by molar-refractivity contribution is 0.0760. The Morgan fingerprint density at radius 1 is 0.968 bits per heavy atom. The van der Waals surface area contributed by atoms with E-state index < -0.39 is 0 Å². The molecule has 3 aromatic carbocycles. The lowest BCUT2D eigenvalue weighted by Crippen LogP contribution is -2.30. The molecular weight excluding hydrogens is 402 g/mol. The van der Waals surface area contributed by atoms with Gasteiger partial charge in [0.1, 0.15) is 17.7 Å². The molecule has 0 aliphatic carbocycles. The first-order valence-corrected chi connectivity index (χ1v) is 11.8. The smallest absolute Gasteiger partial charge is 0.255 e. The summed E-state index contributed by atoms with van der Waals surface area (Å²) >= 11 is 1.81. The van der Waals surface area contributed by atoms with Crippen LogP contribution in [0.4, 0.5) is 0 Å². The molecule has 0 aromatic heterocycles. The Balaban J connectivity index is 1.43. The fourth-order valence-electron chi connectivity index (χ4n) is 3.70. The van der Waals surface area contributed by atoms with E-state index in [4.69, 9.17) is 4.74 Å². The van der Waals surface area contributed by atoms with Crippen molar-refractivity contribution in [1.29, 1.82) is 0 Å². The van der Waals surface area contributed by atoms with Gasteiger partial charge in [-0.1, -0.05) is 75.4 Å². The predicted molar refractivity (Wildman–Crippen MR) is 129 cm³/mol. The highest BCUT2D eigenvalue weighted by Crippen LogP contribution is 2.39. The summed E-state index contributed by atoms with van der Waals surface area (Å²) in [5.74, 6) is 1.88. The number of nitrogens with zero attached hydrogens (tertiary/aromatic N) is 1. The van der Waals surface area contributed by atoms with Crippen molar-refractivity contribution in [3.05, 3.63) is 101 Å². The highest BCUT2D eigenvalue weighted by molar-refractivity contribution is 7.99. The number of carbonyl (C=O) groups is 1. The third-order valence-electron chi connectivity index (χ3n) is 5.56.